The van der Waals surface area contributed by atoms with Gasteiger partial charge in [0, 0.05) is 20.6 Å². The van der Waals surface area contributed by atoms with Gasteiger partial charge in [-0.15, -0.1) is 0 Å². The van der Waals surface area contributed by atoms with Crippen molar-refractivity contribution >= 4 is 5.97 Å². The highest BCUT2D eigenvalue weighted by Gasteiger charge is 1.99. The summed E-state index contributed by atoms with van der Waals surface area (Å²) in [5.41, 5.74) is 0. The summed E-state index contributed by atoms with van der Waals surface area (Å²) >= 11 is 0. The number of nitrogens with zero attached hydrogens (tertiary/aromatic N) is 1. The molecule has 0 aromatic carbocycles. The van der Waals surface area contributed by atoms with Gasteiger partial charge < -0.3 is 14.7 Å². The van der Waals surface area contributed by atoms with Crippen LogP contribution in [-0.2, 0) is 9.53 Å². The highest BCUT2D eigenvalue weighted by atomic mass is 16.5. The Bertz CT molecular complexity index is 130. The Labute approximate surface area is 93.2 Å². The predicted molar refractivity (Wildman–Crippen MR) is 62.2 cm³/mol. The summed E-state index contributed by atoms with van der Waals surface area (Å²) in [6.07, 6.45) is 2.48. The van der Waals surface area contributed by atoms with Crippen LogP contribution in [0.5, 0.6) is 0 Å². The van der Waals surface area contributed by atoms with E-state index in [9.17, 15) is 0 Å². The summed E-state index contributed by atoms with van der Waals surface area (Å²) in [5.74, 6) is -0.833. The van der Waals surface area contributed by atoms with Crippen molar-refractivity contribution in [3.63, 3.8) is 0 Å². The van der Waals surface area contributed by atoms with Crippen LogP contribution in [-0.4, -0.2) is 49.3 Å². The monoisotopic (exact) mass is 219 g/mol. The fourth-order valence-corrected chi connectivity index (χ4v) is 1.19. The number of carboxylic acid groups (broad SMARTS) is 1. The van der Waals surface area contributed by atoms with Gasteiger partial charge in [-0.3, -0.25) is 4.79 Å². The summed E-state index contributed by atoms with van der Waals surface area (Å²) in [5, 5.41) is 7.42. The first-order valence-electron chi connectivity index (χ1n) is 5.49. The van der Waals surface area contributed by atoms with Crippen molar-refractivity contribution in [3.05, 3.63) is 0 Å². The Morgan fingerprint density at radius 2 is 1.60 bits per heavy atom. The number of hydrogen-bond donors (Lipinski definition) is 1. The Hall–Kier alpha value is -0.610. The molecule has 0 saturated carbocycles. The SMILES string of the molecule is CC(=O)O.CCCN(CCC)CCOC. The molecule has 0 atom stereocenters. The summed E-state index contributed by atoms with van der Waals surface area (Å²) < 4.78 is 5.02. The van der Waals surface area contributed by atoms with E-state index >= 15 is 0 Å². The van der Waals surface area contributed by atoms with E-state index in [1.54, 1.807) is 7.11 Å². The third-order valence-electron chi connectivity index (χ3n) is 1.69. The van der Waals surface area contributed by atoms with E-state index < -0.39 is 5.97 Å². The lowest BCUT2D eigenvalue weighted by Crippen LogP contribution is -2.28. The molecule has 0 unspecified atom stereocenters. The molecule has 0 aliphatic heterocycles. The van der Waals surface area contributed by atoms with Crippen LogP contribution in [0.1, 0.15) is 33.6 Å². The van der Waals surface area contributed by atoms with Gasteiger partial charge in [0.1, 0.15) is 0 Å². The zero-order chi connectivity index (χ0) is 12.1. The molecule has 92 valence electrons. The van der Waals surface area contributed by atoms with E-state index in [-0.39, 0.29) is 0 Å². The van der Waals surface area contributed by atoms with E-state index in [0.717, 1.165) is 20.1 Å². The van der Waals surface area contributed by atoms with Gasteiger partial charge in [-0.25, -0.2) is 0 Å². The maximum Gasteiger partial charge on any atom is 0.300 e. The molecule has 0 saturated heterocycles. The average Bonchev–Trinajstić information content (AvgIpc) is 2.14. The summed E-state index contributed by atoms with van der Waals surface area (Å²) in [6, 6.07) is 0. The number of rotatable bonds is 7. The lowest BCUT2D eigenvalue weighted by molar-refractivity contribution is -0.134. The minimum absolute atomic E-state index is 0.833. The fourth-order valence-electron chi connectivity index (χ4n) is 1.19. The predicted octanol–water partition coefficient (Wildman–Crippen LogP) is 1.85. The number of hydrogen-bond acceptors (Lipinski definition) is 3. The van der Waals surface area contributed by atoms with Gasteiger partial charge in [-0.1, -0.05) is 13.8 Å². The third-order valence-corrected chi connectivity index (χ3v) is 1.69. The van der Waals surface area contributed by atoms with Crippen molar-refractivity contribution in [1.29, 1.82) is 0 Å². The standard InChI is InChI=1S/C9H21NO.C2H4O2/c1-4-6-10(7-5-2)8-9-11-3;1-2(3)4/h4-9H2,1-3H3;1H3,(H,3,4). The quantitative estimate of drug-likeness (QED) is 0.710. The molecule has 0 radical (unpaired) electrons. The lowest BCUT2D eigenvalue weighted by atomic mass is 10.3. The molecule has 1 N–H and O–H groups in total. The number of carbonyl (C=O) groups is 1. The summed E-state index contributed by atoms with van der Waals surface area (Å²) in [4.78, 5) is 11.4. The molecular weight excluding hydrogens is 194 g/mol. The molecule has 0 bridgehead atoms. The van der Waals surface area contributed by atoms with Crippen molar-refractivity contribution in [2.24, 2.45) is 0 Å². The minimum atomic E-state index is -0.833. The number of carboxylic acids is 1. The van der Waals surface area contributed by atoms with Gasteiger partial charge in [0.05, 0.1) is 6.61 Å². The van der Waals surface area contributed by atoms with Crippen LogP contribution < -0.4 is 0 Å². The minimum Gasteiger partial charge on any atom is -0.481 e. The maximum absolute atomic E-state index is 9.00. The van der Waals surface area contributed by atoms with E-state index in [1.807, 2.05) is 0 Å². The van der Waals surface area contributed by atoms with Crippen LogP contribution in [0.25, 0.3) is 0 Å². The molecule has 0 aliphatic rings. The summed E-state index contributed by atoms with van der Waals surface area (Å²) in [7, 11) is 1.76. The molecule has 0 spiro atoms. The van der Waals surface area contributed by atoms with Gasteiger partial charge >= 0.3 is 0 Å². The van der Waals surface area contributed by atoms with Crippen LogP contribution >= 0.6 is 0 Å². The van der Waals surface area contributed by atoms with Crippen molar-refractivity contribution in [2.45, 2.75) is 33.6 Å². The largest absolute Gasteiger partial charge is 0.481 e. The molecule has 0 aliphatic carbocycles. The molecule has 0 rings (SSSR count). The molecule has 0 heterocycles. The first-order valence-corrected chi connectivity index (χ1v) is 5.49. The zero-order valence-electron chi connectivity index (χ0n) is 10.5. The number of ether oxygens (including phenoxy) is 1. The van der Waals surface area contributed by atoms with Crippen molar-refractivity contribution in [1.82, 2.24) is 4.90 Å². The van der Waals surface area contributed by atoms with Crippen LogP contribution in [0.4, 0.5) is 0 Å². The van der Waals surface area contributed by atoms with Crippen LogP contribution in [0.3, 0.4) is 0 Å². The molecule has 15 heavy (non-hydrogen) atoms. The smallest absolute Gasteiger partial charge is 0.300 e. The first-order chi connectivity index (χ1) is 7.08. The molecule has 4 heteroatoms. The Kier molecular flexibility index (Phi) is 15.0. The summed E-state index contributed by atoms with van der Waals surface area (Å²) in [6.45, 7) is 9.87. The maximum atomic E-state index is 9.00. The van der Waals surface area contributed by atoms with E-state index in [4.69, 9.17) is 14.6 Å². The van der Waals surface area contributed by atoms with Gasteiger partial charge in [0.15, 0.2) is 0 Å². The zero-order valence-corrected chi connectivity index (χ0v) is 10.5. The van der Waals surface area contributed by atoms with Gasteiger partial charge in [-0.2, -0.15) is 0 Å². The van der Waals surface area contributed by atoms with Crippen molar-refractivity contribution in [2.75, 3.05) is 33.4 Å². The molecule has 4 nitrogen and oxygen atoms in total. The van der Waals surface area contributed by atoms with Crippen LogP contribution in [0, 0.1) is 0 Å². The second-order valence-electron chi connectivity index (χ2n) is 3.35. The second-order valence-corrected chi connectivity index (χ2v) is 3.35. The van der Waals surface area contributed by atoms with E-state index in [1.165, 1.54) is 25.9 Å². The van der Waals surface area contributed by atoms with Gasteiger partial charge in [0.25, 0.3) is 5.97 Å². The lowest BCUT2D eigenvalue weighted by Gasteiger charge is -2.19. The third kappa shape index (κ3) is 19.7. The number of aliphatic carboxylic acids is 1. The van der Waals surface area contributed by atoms with Crippen LogP contribution in [0.2, 0.25) is 0 Å². The molecule has 0 aromatic heterocycles. The molecule has 0 aromatic rings. The van der Waals surface area contributed by atoms with Gasteiger partial charge in [-0.05, 0) is 25.9 Å². The fraction of sp³-hybridized carbons (Fsp3) is 0.909. The Morgan fingerprint density at radius 1 is 1.20 bits per heavy atom. The average molecular weight is 219 g/mol. The molecule has 0 fully saturated rings. The Morgan fingerprint density at radius 3 is 1.87 bits per heavy atom. The van der Waals surface area contributed by atoms with Crippen LogP contribution in [0.15, 0.2) is 0 Å². The van der Waals surface area contributed by atoms with Gasteiger partial charge in [0.2, 0.25) is 0 Å². The highest BCUT2D eigenvalue weighted by Crippen LogP contribution is 1.93. The molecule has 0 amide bonds. The topological polar surface area (TPSA) is 49.8 Å². The van der Waals surface area contributed by atoms with E-state index in [2.05, 4.69) is 18.7 Å². The molecular formula is C11H25NO3. The van der Waals surface area contributed by atoms with E-state index in [0.29, 0.717) is 0 Å². The Balaban J connectivity index is 0. The highest BCUT2D eigenvalue weighted by molar-refractivity contribution is 5.62. The first kappa shape index (κ1) is 16.8. The van der Waals surface area contributed by atoms with Crippen molar-refractivity contribution in [3.8, 4) is 0 Å². The van der Waals surface area contributed by atoms with Crippen molar-refractivity contribution < 1.29 is 14.6 Å². The second kappa shape index (κ2) is 13.4. The normalized spacial score (nSPS) is 9.67. The number of methoxy groups -OCH3 is 1.